The Balaban J connectivity index is 3.74. The molecule has 0 atom stereocenters. The Kier molecular flexibility index (Phi) is 11.3. The van der Waals surface area contributed by atoms with E-state index < -0.39 is 19.4 Å². The fourth-order valence-corrected chi connectivity index (χ4v) is 1.76. The average Bonchev–Trinajstić information content (AvgIpc) is 2.44. The van der Waals surface area contributed by atoms with Gasteiger partial charge in [0.2, 0.25) is 0 Å². The van der Waals surface area contributed by atoms with Gasteiger partial charge < -0.3 is 20.1 Å². The van der Waals surface area contributed by atoms with Crippen molar-refractivity contribution in [1.82, 2.24) is 0 Å². The first-order valence-corrected chi connectivity index (χ1v) is 7.11. The molecule has 0 saturated carbocycles. The zero-order valence-corrected chi connectivity index (χ0v) is 12.3. The Bertz CT molecular complexity index is 277. The SMILES string of the molecule is CC/C=C/CCCCOCC[N+](CO)(CO)CC(=O)O. The van der Waals surface area contributed by atoms with Gasteiger partial charge in [-0.2, -0.15) is 0 Å². The molecule has 0 aromatic carbocycles. The van der Waals surface area contributed by atoms with E-state index in [2.05, 4.69) is 19.1 Å². The second-order valence-corrected chi connectivity index (χ2v) is 4.89. The molecule has 0 unspecified atom stereocenters. The van der Waals surface area contributed by atoms with E-state index in [0.29, 0.717) is 13.2 Å². The summed E-state index contributed by atoms with van der Waals surface area (Å²) >= 11 is 0. The summed E-state index contributed by atoms with van der Waals surface area (Å²) in [5, 5.41) is 27.2. The van der Waals surface area contributed by atoms with Gasteiger partial charge >= 0.3 is 5.97 Å². The third-order valence-electron chi connectivity index (χ3n) is 3.09. The number of carboxylic acids is 1. The van der Waals surface area contributed by atoms with Gasteiger partial charge in [0.1, 0.15) is 6.54 Å². The monoisotopic (exact) mass is 290 g/mol. The number of carbonyl (C=O) groups is 1. The van der Waals surface area contributed by atoms with E-state index in [-0.39, 0.29) is 17.6 Å². The molecule has 0 spiro atoms. The van der Waals surface area contributed by atoms with Crippen LogP contribution in [0.1, 0.15) is 32.6 Å². The van der Waals surface area contributed by atoms with Gasteiger partial charge in [-0.1, -0.05) is 19.1 Å². The standard InChI is InChI=1S/C14H27NO5/c1-2-3-4-5-6-7-9-20-10-8-15(12-16,13-17)11-14(18)19/h3-4,16-17H,2,5-13H2,1H3/p+1/b4-3+. The number of aliphatic hydroxyl groups excluding tert-OH is 2. The number of allylic oxidation sites excluding steroid dienone is 2. The fraction of sp³-hybridized carbons (Fsp3) is 0.786. The number of aliphatic carboxylic acids is 1. The molecule has 0 amide bonds. The van der Waals surface area contributed by atoms with Crippen molar-refractivity contribution in [3.05, 3.63) is 12.2 Å². The number of hydrogen-bond donors (Lipinski definition) is 3. The van der Waals surface area contributed by atoms with Crippen LogP contribution < -0.4 is 0 Å². The molecule has 20 heavy (non-hydrogen) atoms. The van der Waals surface area contributed by atoms with E-state index in [1.54, 1.807) is 0 Å². The highest BCUT2D eigenvalue weighted by molar-refractivity contribution is 5.67. The molecule has 3 N–H and O–H groups in total. The smallest absolute Gasteiger partial charge is 0.359 e. The van der Waals surface area contributed by atoms with Crippen LogP contribution in [0, 0.1) is 0 Å². The van der Waals surface area contributed by atoms with E-state index in [9.17, 15) is 15.0 Å². The van der Waals surface area contributed by atoms with Crippen LogP contribution in [0.2, 0.25) is 0 Å². The van der Waals surface area contributed by atoms with Crippen molar-refractivity contribution in [2.75, 3.05) is 39.8 Å². The maximum atomic E-state index is 10.7. The summed E-state index contributed by atoms with van der Waals surface area (Å²) in [5.74, 6) is -1.05. The van der Waals surface area contributed by atoms with Crippen molar-refractivity contribution in [1.29, 1.82) is 0 Å². The molecule has 6 heteroatoms. The Hall–Kier alpha value is -0.950. The van der Waals surface area contributed by atoms with E-state index in [1.165, 1.54) is 0 Å². The maximum absolute atomic E-state index is 10.7. The summed E-state index contributed by atoms with van der Waals surface area (Å²) in [6.07, 6.45) is 8.41. The fourth-order valence-electron chi connectivity index (χ4n) is 1.76. The van der Waals surface area contributed by atoms with Crippen LogP contribution in [-0.2, 0) is 9.53 Å². The van der Waals surface area contributed by atoms with Gasteiger partial charge in [-0.3, -0.25) is 4.48 Å². The quantitative estimate of drug-likeness (QED) is 0.203. The van der Waals surface area contributed by atoms with Crippen LogP contribution in [0.15, 0.2) is 12.2 Å². The van der Waals surface area contributed by atoms with E-state index >= 15 is 0 Å². The number of quaternary nitrogens is 1. The van der Waals surface area contributed by atoms with Crippen molar-refractivity contribution in [3.63, 3.8) is 0 Å². The molecule has 0 bridgehead atoms. The zero-order valence-electron chi connectivity index (χ0n) is 12.3. The predicted octanol–water partition coefficient (Wildman–Crippen LogP) is 0.940. The Labute approximate surface area is 120 Å². The number of hydrogen-bond acceptors (Lipinski definition) is 4. The van der Waals surface area contributed by atoms with Gasteiger partial charge in [0.25, 0.3) is 0 Å². The number of aliphatic hydroxyl groups is 2. The van der Waals surface area contributed by atoms with Crippen LogP contribution in [-0.4, -0.2) is 65.5 Å². The van der Waals surface area contributed by atoms with Crippen molar-refractivity contribution in [2.45, 2.75) is 32.6 Å². The third kappa shape index (κ3) is 9.03. The number of carboxylic acid groups (broad SMARTS) is 1. The highest BCUT2D eigenvalue weighted by Crippen LogP contribution is 2.04. The average molecular weight is 290 g/mol. The van der Waals surface area contributed by atoms with Crippen LogP contribution in [0.5, 0.6) is 0 Å². The largest absolute Gasteiger partial charge is 0.477 e. The summed E-state index contributed by atoms with van der Waals surface area (Å²) in [6, 6.07) is 0. The summed E-state index contributed by atoms with van der Waals surface area (Å²) < 4.78 is 5.14. The summed E-state index contributed by atoms with van der Waals surface area (Å²) in [4.78, 5) is 10.7. The second-order valence-electron chi connectivity index (χ2n) is 4.89. The molecular formula is C14H28NO5+. The van der Waals surface area contributed by atoms with Gasteiger partial charge in [0.05, 0.1) is 6.61 Å². The molecule has 0 saturated heterocycles. The van der Waals surface area contributed by atoms with Crippen LogP contribution in [0.25, 0.3) is 0 Å². The van der Waals surface area contributed by atoms with Crippen LogP contribution in [0.3, 0.4) is 0 Å². The summed E-state index contributed by atoms with van der Waals surface area (Å²) in [6.45, 7) is 2.21. The molecule has 0 aliphatic carbocycles. The summed E-state index contributed by atoms with van der Waals surface area (Å²) in [7, 11) is 0. The van der Waals surface area contributed by atoms with Gasteiger partial charge in [-0.15, -0.1) is 0 Å². The van der Waals surface area contributed by atoms with Crippen LogP contribution in [0.4, 0.5) is 0 Å². The topological polar surface area (TPSA) is 87.0 Å². The first kappa shape index (κ1) is 19.1. The minimum Gasteiger partial charge on any atom is -0.477 e. The lowest BCUT2D eigenvalue weighted by atomic mass is 10.2. The number of unbranched alkanes of at least 4 members (excludes halogenated alkanes) is 2. The number of ether oxygens (including phenoxy) is 1. The molecule has 0 rings (SSSR count). The van der Waals surface area contributed by atoms with Crippen molar-refractivity contribution in [2.24, 2.45) is 0 Å². The Morgan fingerprint density at radius 3 is 2.40 bits per heavy atom. The van der Waals surface area contributed by atoms with Crippen molar-refractivity contribution < 1.29 is 29.3 Å². The number of nitrogens with zero attached hydrogens (tertiary/aromatic N) is 1. The Morgan fingerprint density at radius 1 is 1.15 bits per heavy atom. The normalized spacial score (nSPS) is 12.2. The zero-order chi connectivity index (χ0) is 15.3. The molecule has 0 heterocycles. The van der Waals surface area contributed by atoms with E-state index in [1.807, 2.05) is 0 Å². The molecule has 0 radical (unpaired) electrons. The lowest BCUT2D eigenvalue weighted by Gasteiger charge is -2.32. The molecule has 118 valence electrons. The molecule has 0 aromatic rings. The van der Waals surface area contributed by atoms with Crippen molar-refractivity contribution in [3.8, 4) is 0 Å². The van der Waals surface area contributed by atoms with Crippen molar-refractivity contribution >= 4 is 5.97 Å². The Morgan fingerprint density at radius 2 is 1.85 bits per heavy atom. The van der Waals surface area contributed by atoms with E-state index in [0.717, 1.165) is 25.7 Å². The van der Waals surface area contributed by atoms with Crippen LogP contribution >= 0.6 is 0 Å². The van der Waals surface area contributed by atoms with Gasteiger partial charge in [0.15, 0.2) is 20.0 Å². The third-order valence-corrected chi connectivity index (χ3v) is 3.09. The minimum absolute atomic E-state index is 0.283. The first-order chi connectivity index (χ1) is 9.60. The summed E-state index contributed by atoms with van der Waals surface area (Å²) in [5.41, 5.74) is 0. The maximum Gasteiger partial charge on any atom is 0.359 e. The highest BCUT2D eigenvalue weighted by Gasteiger charge is 2.28. The molecule has 0 aromatic heterocycles. The molecule has 0 aliphatic rings. The highest BCUT2D eigenvalue weighted by atomic mass is 16.5. The second kappa shape index (κ2) is 11.8. The van der Waals surface area contributed by atoms with E-state index in [4.69, 9.17) is 9.84 Å². The molecule has 0 fully saturated rings. The van der Waals surface area contributed by atoms with Gasteiger partial charge in [-0.05, 0) is 25.7 Å². The van der Waals surface area contributed by atoms with Gasteiger partial charge in [0, 0.05) is 6.61 Å². The lowest BCUT2D eigenvalue weighted by Crippen LogP contribution is -2.54. The predicted molar refractivity (Wildman–Crippen MR) is 75.9 cm³/mol. The minimum atomic E-state index is -1.05. The first-order valence-electron chi connectivity index (χ1n) is 7.11. The lowest BCUT2D eigenvalue weighted by molar-refractivity contribution is -0.955. The molecule has 6 nitrogen and oxygen atoms in total. The molecular weight excluding hydrogens is 262 g/mol. The molecule has 0 aliphatic heterocycles. The van der Waals surface area contributed by atoms with Gasteiger partial charge in [-0.25, -0.2) is 4.79 Å². The number of rotatable bonds is 13.